The predicted octanol–water partition coefficient (Wildman–Crippen LogP) is -11.1. The molecule has 3 nitrogen and oxygen atoms in total. The van der Waals surface area contributed by atoms with Crippen LogP contribution in [0.4, 0.5) is 14.5 Å². The first-order chi connectivity index (χ1) is 36.0. The highest BCUT2D eigenvalue weighted by molar-refractivity contribution is 8.34. The molecule has 4 rings (SSSR count). The Kier molecular flexibility index (Phi) is 30.2. The van der Waals surface area contributed by atoms with Gasteiger partial charge in [0.05, 0.1) is 10.6 Å². The van der Waals surface area contributed by atoms with E-state index in [9.17, 15) is 17.2 Å². The summed E-state index contributed by atoms with van der Waals surface area (Å²) in [5, 5.41) is 0.316. The summed E-state index contributed by atoms with van der Waals surface area (Å²) in [6, 6.07) is 13.4. The second-order valence-corrected chi connectivity index (χ2v) is 23.2. The average Bonchev–Trinajstić information content (AvgIpc) is 3.27. The molecule has 0 bridgehead atoms. The molecule has 0 spiro atoms. The van der Waals surface area contributed by atoms with Crippen molar-refractivity contribution in [2.75, 3.05) is 4.31 Å². The van der Waals surface area contributed by atoms with Gasteiger partial charge >= 0.3 is 0 Å². The van der Waals surface area contributed by atoms with Crippen LogP contribution in [0.25, 0.3) is 0 Å². The van der Waals surface area contributed by atoms with Crippen molar-refractivity contribution in [3.63, 3.8) is 0 Å². The molecule has 1 aliphatic heterocycles. The number of hydrogen-bond donors (Lipinski definition) is 0. The maximum absolute atomic E-state index is 14.2. The van der Waals surface area contributed by atoms with Crippen molar-refractivity contribution in [1.29, 1.82) is 0 Å². The molecule has 48 radical (unpaired) electrons. The Hall–Kier alpha value is 0.547. The summed E-state index contributed by atoms with van der Waals surface area (Å²) in [5.74, 6) is -0.897. The maximum atomic E-state index is 14.2. The van der Waals surface area contributed by atoms with Crippen molar-refractivity contribution in [2.24, 2.45) is 0 Å². The Labute approximate surface area is 514 Å². The molecule has 1 unspecified atom stereocenters. The fourth-order valence-corrected chi connectivity index (χ4v) is 14.3. The van der Waals surface area contributed by atoms with Crippen molar-refractivity contribution in [1.82, 2.24) is 0 Å². The number of rotatable bonds is 26. The Balaban J connectivity index is 0.000000433. The van der Waals surface area contributed by atoms with E-state index in [4.69, 9.17) is 197 Å². The van der Waals surface area contributed by atoms with Crippen molar-refractivity contribution < 1.29 is 17.2 Å². The normalized spacial score (nSPS) is 12.3. The fourth-order valence-electron chi connectivity index (χ4n) is 12.1. The fraction of sp³-hybridized carbons (Fsp3) is 0.280. The van der Waals surface area contributed by atoms with Crippen LogP contribution in [-0.2, 0) is 22.9 Å². The Bertz CT molecular complexity index is 2240. The number of sulfonamides is 1. The lowest BCUT2D eigenvalue weighted by atomic mass is 8.25. The minimum Gasteiger partial charge on any atom is -0.263 e. The minimum absolute atomic E-state index is 0.213. The summed E-state index contributed by atoms with van der Waals surface area (Å²) in [6.45, 7) is 3.67. The van der Waals surface area contributed by atoms with Crippen LogP contribution in [0.2, 0.25) is 5.02 Å². The first-order valence-corrected chi connectivity index (χ1v) is 27.3. The molecule has 306 valence electrons. The molecule has 1 heterocycles. The summed E-state index contributed by atoms with van der Waals surface area (Å²) < 4.78 is 56.7. The SMILES string of the molecule is Cc1ccc(S(=O)(=O)N2c3cc(F)ccc3CCC2CCc2ccc(F)cc2Cl)c(C)c1.[B]B([B])B(B([B])[B])B(B(B([B])[B])B([B])[B])B(B(B(B([B])[B])B([B])[B])B(B([B])[B])B([B])[B])B(B(B([B])[B])B([B])[B])B(B([B])[B])B([B])[B]. The van der Waals surface area contributed by atoms with E-state index >= 15 is 0 Å². The van der Waals surface area contributed by atoms with Gasteiger partial charge in [0.2, 0.25) is 0 Å². The largest absolute Gasteiger partial charge is 0.264 e. The first-order valence-electron chi connectivity index (χ1n) is 25.5. The molecule has 0 N–H and O–H groups in total. The maximum Gasteiger partial charge on any atom is 0.264 e. The molecule has 78 heavy (non-hydrogen) atoms. The number of halogens is 3. The average molecular weight is 973 g/mol. The van der Waals surface area contributed by atoms with Crippen LogP contribution in [-0.4, -0.2) is 341 Å². The van der Waals surface area contributed by atoms with Gasteiger partial charge in [-0.3, -0.25) is 4.31 Å². The van der Waals surface area contributed by atoms with Crippen LogP contribution >= 0.6 is 11.6 Å². The number of hydrogen-bond acceptors (Lipinski definition) is 2. The second kappa shape index (κ2) is 32.3. The van der Waals surface area contributed by atoms with E-state index in [-0.39, 0.29) is 10.9 Å². The van der Waals surface area contributed by atoms with Crippen molar-refractivity contribution >= 4 is 353 Å². The first kappa shape index (κ1) is 72.8. The predicted molar refractivity (Wildman–Crippen MR) is 389 cm³/mol. The van der Waals surface area contributed by atoms with Gasteiger partial charge in [0.1, 0.15) is 11.6 Å². The van der Waals surface area contributed by atoms with E-state index in [1.54, 1.807) is 31.2 Å². The van der Waals surface area contributed by atoms with Crippen molar-refractivity contribution in [3.05, 3.63) is 93.5 Å². The van der Waals surface area contributed by atoms with Gasteiger partial charge in [-0.2, -0.15) is 0 Å². The quantitative estimate of drug-likeness (QED) is 0.0752. The standard InChI is InChI=1S/C25H24ClF2NO2S.B46/c1-16-3-12-25(17(2)13-16)32(30,31)29-22(10-6-18-4-8-20(27)14-23(18)26)11-7-19-5-9-21(28)15-24(19)29;1-25(2)37(26(3)4)43(38(27(5)6)28(7)8)46(44(39(29(9)10)30(11)12)40(31(13)14)32(15)16)45(41(33(17)18)34(19)20)42(35(21)22)36(23)24/h3-5,8-9,12-15,22H,6-7,10-11H2,1-2H3;. The van der Waals surface area contributed by atoms with Gasteiger partial charge in [-0.1, -0.05) is 41.4 Å². The van der Waals surface area contributed by atoms with E-state index in [2.05, 4.69) is 0 Å². The summed E-state index contributed by atoms with van der Waals surface area (Å²) in [4.78, 5) is 0.213. The van der Waals surface area contributed by atoms with Gasteiger partial charge in [-0.25, -0.2) is 17.2 Å². The zero-order valence-corrected chi connectivity index (χ0v) is 46.0. The van der Waals surface area contributed by atoms with Gasteiger partial charge in [0.15, 0.2) is 0 Å². The van der Waals surface area contributed by atoms with E-state index in [0.717, 1.165) is 16.7 Å². The number of aryl methyl sites for hydroxylation is 4. The van der Waals surface area contributed by atoms with E-state index < -0.39 is 162 Å². The van der Waals surface area contributed by atoms with Crippen LogP contribution in [0.1, 0.15) is 35.1 Å². The Morgan fingerprint density at radius 2 is 0.808 bits per heavy atom. The van der Waals surface area contributed by atoms with Crippen LogP contribution < -0.4 is 4.31 Å². The van der Waals surface area contributed by atoms with Crippen LogP contribution in [0, 0.1) is 25.5 Å². The molecule has 0 saturated carbocycles. The molecule has 0 aromatic heterocycles. The molecule has 1 atom stereocenters. The Morgan fingerprint density at radius 3 is 1.14 bits per heavy atom. The highest BCUT2D eigenvalue weighted by Gasteiger charge is 2.59. The van der Waals surface area contributed by atoms with Crippen LogP contribution in [0.3, 0.4) is 0 Å². The van der Waals surface area contributed by atoms with Gasteiger partial charge in [0.25, 0.3) is 10.0 Å². The molecular formula is C25H24B46ClF2NO2S. The third-order valence-electron chi connectivity index (χ3n) is 15.3. The molecule has 3 aromatic carbocycles. The third-order valence-corrected chi connectivity index (χ3v) is 17.7. The van der Waals surface area contributed by atoms with Crippen LogP contribution in [0.5, 0.6) is 0 Å². The molecule has 0 fully saturated rings. The van der Waals surface area contributed by atoms with Gasteiger partial charge in [-0.05, 0) is 86.6 Å². The lowest BCUT2D eigenvalue weighted by molar-refractivity contribution is 0.521. The van der Waals surface area contributed by atoms with Gasteiger partial charge in [0, 0.05) is 337 Å². The zero-order chi connectivity index (χ0) is 59.7. The van der Waals surface area contributed by atoms with E-state index in [1.165, 1.54) is 28.6 Å². The summed E-state index contributed by atoms with van der Waals surface area (Å²) in [7, 11) is 149. The third kappa shape index (κ3) is 18.5. The smallest absolute Gasteiger partial charge is 0.263 e. The highest BCUT2D eigenvalue weighted by atomic mass is 35.5. The van der Waals surface area contributed by atoms with Gasteiger partial charge in [-0.15, -0.1) is 0 Å². The minimum atomic E-state index is -3.94. The molecule has 1 aliphatic rings. The molecule has 53 heteroatoms. The lowest BCUT2D eigenvalue weighted by Crippen LogP contribution is -2.94. The lowest BCUT2D eigenvalue weighted by Gasteiger charge is -2.56. The summed E-state index contributed by atoms with van der Waals surface area (Å²) in [5.41, 5.74) is 3.55. The molecule has 0 amide bonds. The summed E-state index contributed by atoms with van der Waals surface area (Å²) >= 11 is 6.19. The molecular weight excluding hydrogens is 949 g/mol. The zero-order valence-electron chi connectivity index (χ0n) is 44.5. The topological polar surface area (TPSA) is 37.4 Å². The van der Waals surface area contributed by atoms with E-state index in [0.29, 0.717) is 42.0 Å². The molecule has 0 saturated heterocycles. The van der Waals surface area contributed by atoms with Crippen molar-refractivity contribution in [2.45, 2.75) is 50.5 Å². The van der Waals surface area contributed by atoms with E-state index in [1.807, 2.05) is 13.0 Å². The van der Waals surface area contributed by atoms with Gasteiger partial charge < -0.3 is 0 Å². The highest BCUT2D eigenvalue weighted by Crippen LogP contribution is 2.39. The molecule has 3 aromatic rings. The number of fused-ring (bicyclic) bond motifs is 1. The summed E-state index contributed by atoms with van der Waals surface area (Å²) in [6.07, 6.45) is -25.0. The van der Waals surface area contributed by atoms with Crippen LogP contribution in [0.15, 0.2) is 59.5 Å². The number of benzene rings is 3. The second-order valence-electron chi connectivity index (χ2n) is 21.0. The monoisotopic (exact) mass is 982 g/mol. The number of anilines is 1. The number of nitrogens with zero attached hydrogens (tertiary/aromatic N) is 1. The van der Waals surface area contributed by atoms with Crippen molar-refractivity contribution in [3.8, 4) is 0 Å². The molecule has 0 aliphatic carbocycles. The Morgan fingerprint density at radius 1 is 0.474 bits per heavy atom.